The van der Waals surface area contributed by atoms with Crippen molar-refractivity contribution in [1.82, 2.24) is 10.2 Å². The zero-order valence-corrected chi connectivity index (χ0v) is 8.82. The zero-order chi connectivity index (χ0) is 9.84. The Morgan fingerprint density at radius 2 is 2.38 bits per heavy atom. The van der Waals surface area contributed by atoms with Gasteiger partial charge in [0.05, 0.1) is 7.11 Å². The summed E-state index contributed by atoms with van der Waals surface area (Å²) < 4.78 is 5.23. The van der Waals surface area contributed by atoms with E-state index in [1.54, 1.807) is 6.92 Å². The first-order chi connectivity index (χ1) is 6.13. The summed E-state index contributed by atoms with van der Waals surface area (Å²) in [5, 5.41) is 7.52. The van der Waals surface area contributed by atoms with Crippen LogP contribution in [-0.2, 0) is 9.53 Å². The molecular weight excluding hydrogens is 210 g/mol. The number of esters is 1. The molecule has 0 saturated heterocycles. The highest BCUT2D eigenvalue weighted by Gasteiger charge is 2.16. The number of carbonyl (C=O) groups excluding carboxylic acids is 1. The van der Waals surface area contributed by atoms with Crippen LogP contribution < -0.4 is 5.73 Å². The van der Waals surface area contributed by atoms with Crippen molar-refractivity contribution in [2.24, 2.45) is 0 Å². The molecule has 7 heteroatoms. The second kappa shape index (κ2) is 4.43. The van der Waals surface area contributed by atoms with Crippen molar-refractivity contribution in [3.63, 3.8) is 0 Å². The van der Waals surface area contributed by atoms with Crippen LogP contribution >= 0.6 is 23.1 Å². The fourth-order valence-corrected chi connectivity index (χ4v) is 2.44. The van der Waals surface area contributed by atoms with Gasteiger partial charge in [-0.1, -0.05) is 23.1 Å². The van der Waals surface area contributed by atoms with Crippen LogP contribution in [0, 0.1) is 0 Å². The van der Waals surface area contributed by atoms with Crippen LogP contribution in [0.5, 0.6) is 0 Å². The molecule has 0 spiro atoms. The fraction of sp³-hybridized carbons (Fsp3) is 0.500. The van der Waals surface area contributed by atoms with Crippen LogP contribution in [0.15, 0.2) is 4.34 Å². The predicted molar refractivity (Wildman–Crippen MR) is 51.7 cm³/mol. The van der Waals surface area contributed by atoms with E-state index in [0.717, 1.165) is 0 Å². The van der Waals surface area contributed by atoms with Crippen LogP contribution in [0.3, 0.4) is 0 Å². The SMILES string of the molecule is COC(=O)[C@H](C)Sc1nnc(N)s1. The van der Waals surface area contributed by atoms with Gasteiger partial charge in [-0.2, -0.15) is 0 Å². The van der Waals surface area contributed by atoms with Crippen LogP contribution in [0.2, 0.25) is 0 Å². The first kappa shape index (κ1) is 10.3. The Balaban J connectivity index is 2.54. The number of nitrogen functional groups attached to an aromatic ring is 1. The molecule has 0 aromatic carbocycles. The number of anilines is 1. The molecule has 1 aromatic rings. The van der Waals surface area contributed by atoms with E-state index in [4.69, 9.17) is 5.73 Å². The molecule has 0 fully saturated rings. The highest BCUT2D eigenvalue weighted by molar-refractivity contribution is 8.02. The Labute approximate surface area is 83.7 Å². The molecule has 1 heterocycles. The van der Waals surface area contributed by atoms with E-state index in [1.165, 1.54) is 30.2 Å². The first-order valence-corrected chi connectivity index (χ1v) is 5.16. The molecule has 2 N–H and O–H groups in total. The molecule has 0 aliphatic carbocycles. The normalized spacial score (nSPS) is 12.5. The average Bonchev–Trinajstić information content (AvgIpc) is 2.49. The van der Waals surface area contributed by atoms with Crippen LogP contribution in [-0.4, -0.2) is 28.5 Å². The van der Waals surface area contributed by atoms with Gasteiger partial charge in [-0.25, -0.2) is 0 Å². The van der Waals surface area contributed by atoms with Gasteiger partial charge in [-0.05, 0) is 6.92 Å². The molecule has 13 heavy (non-hydrogen) atoms. The van der Waals surface area contributed by atoms with Gasteiger partial charge in [-0.15, -0.1) is 10.2 Å². The highest BCUT2D eigenvalue weighted by Crippen LogP contribution is 2.27. The van der Waals surface area contributed by atoms with Crippen molar-refractivity contribution in [2.45, 2.75) is 16.5 Å². The maximum absolute atomic E-state index is 11.0. The van der Waals surface area contributed by atoms with Gasteiger partial charge in [0.15, 0.2) is 4.34 Å². The van der Waals surface area contributed by atoms with E-state index in [2.05, 4.69) is 14.9 Å². The number of methoxy groups -OCH3 is 1. The quantitative estimate of drug-likeness (QED) is 0.597. The highest BCUT2D eigenvalue weighted by atomic mass is 32.2. The van der Waals surface area contributed by atoms with Crippen molar-refractivity contribution in [3.8, 4) is 0 Å². The zero-order valence-electron chi connectivity index (χ0n) is 7.18. The standard InChI is InChI=1S/C6H9N3O2S2/c1-3(4(10)11-2)12-6-9-8-5(7)13-6/h3H,1-2H3,(H2,7,8)/t3-/m0/s1. The summed E-state index contributed by atoms with van der Waals surface area (Å²) >= 11 is 2.54. The smallest absolute Gasteiger partial charge is 0.318 e. The molecule has 0 aliphatic rings. The summed E-state index contributed by atoms with van der Waals surface area (Å²) in [4.78, 5) is 11.0. The molecule has 72 valence electrons. The Hall–Kier alpha value is -0.820. The summed E-state index contributed by atoms with van der Waals surface area (Å²) in [6.07, 6.45) is 0. The van der Waals surface area contributed by atoms with Gasteiger partial charge >= 0.3 is 5.97 Å². The third kappa shape index (κ3) is 2.85. The van der Waals surface area contributed by atoms with E-state index in [9.17, 15) is 4.79 Å². The number of nitrogens with zero attached hydrogens (tertiary/aromatic N) is 2. The Morgan fingerprint density at radius 1 is 1.69 bits per heavy atom. The van der Waals surface area contributed by atoms with E-state index in [0.29, 0.717) is 9.47 Å². The minimum absolute atomic E-state index is 0.279. The molecule has 0 amide bonds. The van der Waals surface area contributed by atoms with Crippen LogP contribution in [0.1, 0.15) is 6.92 Å². The molecule has 0 radical (unpaired) electrons. The molecule has 5 nitrogen and oxygen atoms in total. The maximum Gasteiger partial charge on any atom is 0.318 e. The van der Waals surface area contributed by atoms with Crippen LogP contribution in [0.25, 0.3) is 0 Å². The van der Waals surface area contributed by atoms with Crippen molar-refractivity contribution in [2.75, 3.05) is 12.8 Å². The number of carbonyl (C=O) groups is 1. The summed E-state index contributed by atoms with van der Waals surface area (Å²) in [5.41, 5.74) is 5.38. The molecule has 1 rings (SSSR count). The third-order valence-corrected chi connectivity index (χ3v) is 3.15. The minimum Gasteiger partial charge on any atom is -0.468 e. The van der Waals surface area contributed by atoms with Crippen molar-refractivity contribution in [1.29, 1.82) is 0 Å². The van der Waals surface area contributed by atoms with Gasteiger partial charge in [0.25, 0.3) is 0 Å². The number of ether oxygens (including phenoxy) is 1. The third-order valence-electron chi connectivity index (χ3n) is 1.23. The van der Waals surface area contributed by atoms with Gasteiger partial charge in [-0.3, -0.25) is 4.79 Å². The maximum atomic E-state index is 11.0. The predicted octanol–water partition coefficient (Wildman–Crippen LogP) is 0.774. The average molecular weight is 219 g/mol. The molecule has 0 bridgehead atoms. The van der Waals surface area contributed by atoms with E-state index in [-0.39, 0.29) is 11.2 Å². The topological polar surface area (TPSA) is 78.1 Å². The lowest BCUT2D eigenvalue weighted by molar-refractivity contribution is -0.139. The van der Waals surface area contributed by atoms with Crippen molar-refractivity contribution < 1.29 is 9.53 Å². The second-order valence-electron chi connectivity index (χ2n) is 2.19. The van der Waals surface area contributed by atoms with Gasteiger partial charge in [0, 0.05) is 0 Å². The number of aromatic nitrogens is 2. The molecule has 0 unspecified atom stereocenters. The van der Waals surface area contributed by atoms with Gasteiger partial charge in [0.1, 0.15) is 5.25 Å². The Kier molecular flexibility index (Phi) is 3.49. The van der Waals surface area contributed by atoms with Gasteiger partial charge < -0.3 is 10.5 Å². The number of hydrogen-bond donors (Lipinski definition) is 1. The number of hydrogen-bond acceptors (Lipinski definition) is 7. The molecule has 0 saturated carbocycles. The second-order valence-corrected chi connectivity index (χ2v) is 4.79. The lowest BCUT2D eigenvalue weighted by atomic mass is 10.5. The molecule has 1 aromatic heterocycles. The van der Waals surface area contributed by atoms with E-state index in [1.807, 2.05) is 0 Å². The minimum atomic E-state index is -0.280. The van der Waals surface area contributed by atoms with E-state index >= 15 is 0 Å². The van der Waals surface area contributed by atoms with Crippen molar-refractivity contribution in [3.05, 3.63) is 0 Å². The van der Waals surface area contributed by atoms with Crippen LogP contribution in [0.4, 0.5) is 5.13 Å². The summed E-state index contributed by atoms with van der Waals surface area (Å²) in [6.45, 7) is 1.74. The molecular formula is C6H9N3O2S2. The fourth-order valence-electron chi connectivity index (χ4n) is 0.633. The lowest BCUT2D eigenvalue weighted by Gasteiger charge is -2.04. The molecule has 1 atom stereocenters. The Bertz CT molecular complexity index is 302. The molecule has 0 aliphatic heterocycles. The van der Waals surface area contributed by atoms with Gasteiger partial charge in [0.2, 0.25) is 5.13 Å². The number of rotatable bonds is 3. The number of nitrogens with two attached hydrogens (primary N) is 1. The van der Waals surface area contributed by atoms with E-state index < -0.39 is 0 Å². The summed E-state index contributed by atoms with van der Waals surface area (Å²) in [6, 6.07) is 0. The monoisotopic (exact) mass is 219 g/mol. The lowest BCUT2D eigenvalue weighted by Crippen LogP contribution is -2.14. The largest absolute Gasteiger partial charge is 0.468 e. The van der Waals surface area contributed by atoms with Crippen molar-refractivity contribution >= 4 is 34.2 Å². The first-order valence-electron chi connectivity index (χ1n) is 3.47. The summed E-state index contributed by atoms with van der Waals surface area (Å²) in [5.74, 6) is -0.279. The number of thioether (sulfide) groups is 1. The Morgan fingerprint density at radius 3 is 2.85 bits per heavy atom. The summed E-state index contributed by atoms with van der Waals surface area (Å²) in [7, 11) is 1.36.